The number of carbonyl (C=O) groups is 1. The highest BCUT2D eigenvalue weighted by molar-refractivity contribution is 7.09. The fraction of sp³-hybridized carbons (Fsp3) is 0.714. The molecule has 0 aromatic carbocycles. The number of aryl methyl sites for hydroxylation is 1. The molecular formula is C14H25N3O2S. The summed E-state index contributed by atoms with van der Waals surface area (Å²) in [4.78, 5) is 16.1. The van der Waals surface area contributed by atoms with Gasteiger partial charge in [0.05, 0.1) is 16.2 Å². The minimum Gasteiger partial charge on any atom is -0.444 e. The van der Waals surface area contributed by atoms with E-state index in [-0.39, 0.29) is 5.54 Å². The molecule has 1 aromatic heterocycles. The minimum absolute atomic E-state index is 0.382. The summed E-state index contributed by atoms with van der Waals surface area (Å²) < 4.78 is 5.25. The maximum atomic E-state index is 11.7. The molecule has 114 valence electrons. The molecule has 5 nitrogen and oxygen atoms in total. The lowest BCUT2D eigenvalue weighted by molar-refractivity contribution is 0.0472. The molecule has 1 heterocycles. The average molecular weight is 299 g/mol. The van der Waals surface area contributed by atoms with Crippen molar-refractivity contribution in [3.8, 4) is 0 Å². The van der Waals surface area contributed by atoms with Crippen LogP contribution in [0.5, 0.6) is 0 Å². The molecule has 0 aliphatic heterocycles. The molecule has 1 aromatic rings. The third kappa shape index (κ3) is 6.86. The monoisotopic (exact) mass is 299 g/mol. The molecule has 1 rings (SSSR count). The number of amides is 1. The molecule has 6 heteroatoms. The highest BCUT2D eigenvalue weighted by Crippen LogP contribution is 2.10. The number of nitrogens with zero attached hydrogens (tertiary/aromatic N) is 1. The van der Waals surface area contributed by atoms with E-state index in [0.717, 1.165) is 10.7 Å². The number of ether oxygens (including phenoxy) is 1. The van der Waals surface area contributed by atoms with Gasteiger partial charge in [0.2, 0.25) is 0 Å². The van der Waals surface area contributed by atoms with Gasteiger partial charge in [0.1, 0.15) is 5.60 Å². The first-order valence-electron chi connectivity index (χ1n) is 6.70. The Morgan fingerprint density at radius 3 is 2.50 bits per heavy atom. The van der Waals surface area contributed by atoms with Crippen molar-refractivity contribution in [3.63, 3.8) is 0 Å². The van der Waals surface area contributed by atoms with Crippen molar-refractivity contribution in [2.24, 2.45) is 0 Å². The average Bonchev–Trinajstić information content (AvgIpc) is 2.59. The summed E-state index contributed by atoms with van der Waals surface area (Å²) in [5.41, 5.74) is 0.166. The van der Waals surface area contributed by atoms with Gasteiger partial charge in [-0.15, -0.1) is 11.3 Å². The summed E-state index contributed by atoms with van der Waals surface area (Å²) in [6.45, 7) is 12.8. The van der Waals surface area contributed by atoms with Crippen LogP contribution in [0.2, 0.25) is 0 Å². The third-order valence-electron chi connectivity index (χ3n) is 2.38. The molecule has 1 amide bonds. The van der Waals surface area contributed by atoms with Crippen molar-refractivity contribution >= 4 is 17.4 Å². The number of nitrogens with one attached hydrogen (secondary N) is 2. The van der Waals surface area contributed by atoms with Crippen molar-refractivity contribution in [3.05, 3.63) is 16.1 Å². The number of alkyl carbamates (subject to hydrolysis) is 1. The Kier molecular flexibility index (Phi) is 5.53. The second-order valence-electron chi connectivity index (χ2n) is 6.47. The molecule has 0 atom stereocenters. The van der Waals surface area contributed by atoms with E-state index in [1.165, 1.54) is 0 Å². The van der Waals surface area contributed by atoms with Gasteiger partial charge in [-0.1, -0.05) is 0 Å². The number of rotatable bonds is 5. The maximum absolute atomic E-state index is 11.7. The van der Waals surface area contributed by atoms with Crippen molar-refractivity contribution < 1.29 is 9.53 Å². The van der Waals surface area contributed by atoms with E-state index in [4.69, 9.17) is 4.74 Å². The molecular weight excluding hydrogens is 274 g/mol. The van der Waals surface area contributed by atoms with Gasteiger partial charge in [0.15, 0.2) is 0 Å². The van der Waals surface area contributed by atoms with Crippen LogP contribution in [-0.4, -0.2) is 28.8 Å². The summed E-state index contributed by atoms with van der Waals surface area (Å²) in [6.07, 6.45) is -0.395. The molecule has 0 radical (unpaired) electrons. The normalized spacial score (nSPS) is 12.3. The number of hydrogen-bond donors (Lipinski definition) is 2. The molecule has 0 saturated carbocycles. The van der Waals surface area contributed by atoms with Gasteiger partial charge in [-0.2, -0.15) is 0 Å². The first kappa shape index (κ1) is 16.9. The minimum atomic E-state index is -0.480. The van der Waals surface area contributed by atoms with E-state index in [2.05, 4.69) is 15.6 Å². The predicted octanol–water partition coefficient (Wildman–Crippen LogP) is 2.84. The molecule has 0 saturated heterocycles. The molecule has 20 heavy (non-hydrogen) atoms. The largest absolute Gasteiger partial charge is 0.444 e. The Labute approximate surface area is 125 Å². The van der Waals surface area contributed by atoms with Crippen LogP contribution in [-0.2, 0) is 11.3 Å². The van der Waals surface area contributed by atoms with E-state index >= 15 is 0 Å². The molecule has 0 spiro atoms. The molecule has 2 N–H and O–H groups in total. The number of thiazole rings is 1. The Hall–Kier alpha value is -1.14. The van der Waals surface area contributed by atoms with Crippen molar-refractivity contribution in [1.29, 1.82) is 0 Å². The zero-order chi connectivity index (χ0) is 15.4. The summed E-state index contributed by atoms with van der Waals surface area (Å²) in [5.74, 6) is 0. The van der Waals surface area contributed by atoms with Crippen LogP contribution in [0, 0.1) is 6.92 Å². The highest BCUT2D eigenvalue weighted by Gasteiger charge is 2.24. The number of hydrogen-bond acceptors (Lipinski definition) is 5. The van der Waals surface area contributed by atoms with Crippen LogP contribution in [0.4, 0.5) is 4.79 Å². The van der Waals surface area contributed by atoms with E-state index in [1.807, 2.05) is 46.9 Å². The zero-order valence-electron chi connectivity index (χ0n) is 13.2. The predicted molar refractivity (Wildman–Crippen MR) is 82.0 cm³/mol. The quantitative estimate of drug-likeness (QED) is 0.877. The molecule has 0 aliphatic carbocycles. The molecule has 0 bridgehead atoms. The van der Waals surface area contributed by atoms with Crippen molar-refractivity contribution in [2.45, 2.75) is 59.2 Å². The Bertz CT molecular complexity index is 450. The lowest BCUT2D eigenvalue weighted by atomic mass is 10.1. The first-order chi connectivity index (χ1) is 9.07. The molecule has 0 unspecified atom stereocenters. The zero-order valence-corrected chi connectivity index (χ0v) is 14.0. The fourth-order valence-electron chi connectivity index (χ4n) is 1.62. The standard InChI is InChI=1S/C14H25N3O2S/c1-10-16-11(8-20-10)7-15-9-14(5,6)17-12(18)19-13(2,3)4/h8,15H,7,9H2,1-6H3,(H,17,18). The van der Waals surface area contributed by atoms with Gasteiger partial charge < -0.3 is 15.4 Å². The van der Waals surface area contributed by atoms with Crippen LogP contribution < -0.4 is 10.6 Å². The summed E-state index contributed by atoms with van der Waals surface area (Å²) in [5, 5.41) is 9.26. The maximum Gasteiger partial charge on any atom is 0.408 e. The van der Waals surface area contributed by atoms with Gasteiger partial charge in [0, 0.05) is 18.5 Å². The SMILES string of the molecule is Cc1nc(CNCC(C)(C)NC(=O)OC(C)(C)C)cs1. The Balaban J connectivity index is 2.35. The third-order valence-corrected chi connectivity index (χ3v) is 3.20. The second-order valence-corrected chi connectivity index (χ2v) is 7.53. The first-order valence-corrected chi connectivity index (χ1v) is 7.58. The number of aromatic nitrogens is 1. The van der Waals surface area contributed by atoms with E-state index in [9.17, 15) is 4.79 Å². The second kappa shape index (κ2) is 6.54. The van der Waals surface area contributed by atoms with Gasteiger partial charge in [-0.3, -0.25) is 0 Å². The lowest BCUT2D eigenvalue weighted by Gasteiger charge is -2.28. The summed E-state index contributed by atoms with van der Waals surface area (Å²) in [6, 6.07) is 0. The van der Waals surface area contributed by atoms with Crippen LogP contribution in [0.15, 0.2) is 5.38 Å². The van der Waals surface area contributed by atoms with Crippen LogP contribution in [0.1, 0.15) is 45.3 Å². The van der Waals surface area contributed by atoms with E-state index in [0.29, 0.717) is 13.1 Å². The smallest absolute Gasteiger partial charge is 0.408 e. The van der Waals surface area contributed by atoms with E-state index in [1.54, 1.807) is 11.3 Å². The highest BCUT2D eigenvalue weighted by atomic mass is 32.1. The Morgan fingerprint density at radius 2 is 2.00 bits per heavy atom. The topological polar surface area (TPSA) is 63.2 Å². The number of carbonyl (C=O) groups excluding carboxylic acids is 1. The van der Waals surface area contributed by atoms with Gasteiger partial charge in [-0.05, 0) is 41.5 Å². The fourth-order valence-corrected chi connectivity index (χ4v) is 2.23. The lowest BCUT2D eigenvalue weighted by Crippen LogP contribution is -2.51. The van der Waals surface area contributed by atoms with Crippen molar-refractivity contribution in [2.75, 3.05) is 6.54 Å². The van der Waals surface area contributed by atoms with Crippen LogP contribution in [0.3, 0.4) is 0 Å². The van der Waals surface area contributed by atoms with Gasteiger partial charge in [0.25, 0.3) is 0 Å². The van der Waals surface area contributed by atoms with Crippen LogP contribution >= 0.6 is 11.3 Å². The summed E-state index contributed by atoms with van der Waals surface area (Å²) >= 11 is 1.64. The Morgan fingerprint density at radius 1 is 1.35 bits per heavy atom. The van der Waals surface area contributed by atoms with Crippen molar-refractivity contribution in [1.82, 2.24) is 15.6 Å². The van der Waals surface area contributed by atoms with Gasteiger partial charge >= 0.3 is 6.09 Å². The summed E-state index contributed by atoms with van der Waals surface area (Å²) in [7, 11) is 0. The van der Waals surface area contributed by atoms with E-state index < -0.39 is 11.7 Å². The van der Waals surface area contributed by atoms with Crippen LogP contribution in [0.25, 0.3) is 0 Å². The van der Waals surface area contributed by atoms with Gasteiger partial charge in [-0.25, -0.2) is 9.78 Å². The molecule has 0 aliphatic rings. The molecule has 0 fully saturated rings.